The molecule has 1 fully saturated rings. The first-order valence-corrected chi connectivity index (χ1v) is 13.2. The number of carbonyl (C=O) groups excluding carboxylic acids is 1. The van der Waals surface area contributed by atoms with Crippen LogP contribution in [-0.4, -0.2) is 40.5 Å². The van der Waals surface area contributed by atoms with Crippen LogP contribution in [0.1, 0.15) is 37.8 Å². The smallest absolute Gasteiger partial charge is 0.431 e. The normalized spacial score (nSPS) is 13.8. The molecule has 38 heavy (non-hydrogen) atoms. The van der Waals surface area contributed by atoms with Gasteiger partial charge in [-0.15, -0.1) is 10.2 Å². The standard InChI is InChI=1S/C31H32N4O3/c1-3-22-11-10-13-24(21-22)28-29(27-16-9-8-12-23(27)4-2)32-30(34-33-28)35-19-17-26(18-20-35)38-31(36)37-25-14-6-5-7-15-25/h5-16,21,26H,3-4,17-20H2,1-2H3. The van der Waals surface area contributed by atoms with Gasteiger partial charge in [-0.05, 0) is 42.2 Å². The van der Waals surface area contributed by atoms with E-state index in [2.05, 4.69) is 66.3 Å². The van der Waals surface area contributed by atoms with Crippen LogP contribution in [0.4, 0.5) is 10.7 Å². The summed E-state index contributed by atoms with van der Waals surface area (Å²) in [7, 11) is 0. The Labute approximate surface area is 223 Å². The summed E-state index contributed by atoms with van der Waals surface area (Å²) >= 11 is 0. The Kier molecular flexibility index (Phi) is 7.92. The van der Waals surface area contributed by atoms with E-state index in [-0.39, 0.29) is 6.10 Å². The Morgan fingerprint density at radius 2 is 1.63 bits per heavy atom. The number of para-hydroxylation sites is 1. The van der Waals surface area contributed by atoms with Gasteiger partial charge in [0.2, 0.25) is 5.95 Å². The predicted molar refractivity (Wildman–Crippen MR) is 148 cm³/mol. The fourth-order valence-electron chi connectivity index (χ4n) is 4.75. The number of piperidine rings is 1. The Balaban J connectivity index is 1.36. The molecule has 0 amide bonds. The lowest BCUT2D eigenvalue weighted by atomic mass is 9.97. The summed E-state index contributed by atoms with van der Waals surface area (Å²) < 4.78 is 10.8. The van der Waals surface area contributed by atoms with Gasteiger partial charge in [0.25, 0.3) is 0 Å². The molecular weight excluding hydrogens is 476 g/mol. The van der Waals surface area contributed by atoms with Crippen molar-refractivity contribution in [2.24, 2.45) is 0 Å². The van der Waals surface area contributed by atoms with Crippen LogP contribution in [0.15, 0.2) is 78.9 Å². The molecule has 0 unspecified atom stereocenters. The number of benzene rings is 3. The number of hydrogen-bond acceptors (Lipinski definition) is 7. The number of anilines is 1. The van der Waals surface area contributed by atoms with Crippen molar-refractivity contribution in [2.45, 2.75) is 45.6 Å². The lowest BCUT2D eigenvalue weighted by molar-refractivity contribution is 0.0475. The van der Waals surface area contributed by atoms with Gasteiger partial charge >= 0.3 is 6.16 Å². The van der Waals surface area contributed by atoms with Gasteiger partial charge in [-0.3, -0.25) is 0 Å². The van der Waals surface area contributed by atoms with Crippen molar-refractivity contribution in [1.82, 2.24) is 15.2 Å². The molecule has 1 aliphatic heterocycles. The van der Waals surface area contributed by atoms with E-state index in [0.717, 1.165) is 35.4 Å². The minimum absolute atomic E-state index is 0.216. The first-order valence-electron chi connectivity index (χ1n) is 13.2. The molecule has 1 saturated heterocycles. The van der Waals surface area contributed by atoms with Crippen LogP contribution >= 0.6 is 0 Å². The van der Waals surface area contributed by atoms with E-state index in [4.69, 9.17) is 19.6 Å². The van der Waals surface area contributed by atoms with E-state index in [1.54, 1.807) is 12.1 Å². The quantitative estimate of drug-likeness (QED) is 0.208. The second-order valence-corrected chi connectivity index (χ2v) is 9.34. The summed E-state index contributed by atoms with van der Waals surface area (Å²) in [5.74, 6) is 1.06. The summed E-state index contributed by atoms with van der Waals surface area (Å²) in [4.78, 5) is 19.4. The molecule has 1 aromatic heterocycles. The van der Waals surface area contributed by atoms with Crippen LogP contribution in [-0.2, 0) is 17.6 Å². The molecule has 0 bridgehead atoms. The Morgan fingerprint density at radius 3 is 2.39 bits per heavy atom. The molecule has 3 aromatic carbocycles. The maximum absolute atomic E-state index is 12.2. The highest BCUT2D eigenvalue weighted by atomic mass is 16.7. The number of aromatic nitrogens is 3. The molecule has 5 rings (SSSR count). The Bertz CT molecular complexity index is 1390. The van der Waals surface area contributed by atoms with Gasteiger partial charge in [0.1, 0.15) is 23.2 Å². The Morgan fingerprint density at radius 1 is 0.868 bits per heavy atom. The first-order chi connectivity index (χ1) is 18.6. The molecule has 0 saturated carbocycles. The zero-order chi connectivity index (χ0) is 26.3. The second-order valence-electron chi connectivity index (χ2n) is 9.34. The summed E-state index contributed by atoms with van der Waals surface area (Å²) in [6, 6.07) is 25.7. The van der Waals surface area contributed by atoms with Gasteiger partial charge in [0.05, 0.1) is 0 Å². The fourth-order valence-corrected chi connectivity index (χ4v) is 4.75. The lowest BCUT2D eigenvalue weighted by Gasteiger charge is -2.31. The van der Waals surface area contributed by atoms with Gasteiger partial charge in [-0.2, -0.15) is 0 Å². The number of hydrogen-bond donors (Lipinski definition) is 0. The highest BCUT2D eigenvalue weighted by Gasteiger charge is 2.26. The molecular formula is C31H32N4O3. The number of rotatable bonds is 7. The van der Waals surface area contributed by atoms with Crippen molar-refractivity contribution in [3.8, 4) is 28.3 Å². The summed E-state index contributed by atoms with van der Waals surface area (Å²) in [6.07, 6.45) is 2.27. The third-order valence-electron chi connectivity index (χ3n) is 6.87. The van der Waals surface area contributed by atoms with Gasteiger partial charge in [-0.25, -0.2) is 9.78 Å². The zero-order valence-electron chi connectivity index (χ0n) is 21.8. The van der Waals surface area contributed by atoms with Crippen molar-refractivity contribution in [3.63, 3.8) is 0 Å². The summed E-state index contributed by atoms with van der Waals surface area (Å²) in [5, 5.41) is 9.26. The number of aryl methyl sites for hydroxylation is 2. The molecule has 4 aromatic rings. The van der Waals surface area contributed by atoms with Crippen LogP contribution in [0.2, 0.25) is 0 Å². The molecule has 7 nitrogen and oxygen atoms in total. The SMILES string of the molecule is CCc1cccc(-c2nnc(N3CCC(OC(=O)Oc4ccccc4)CC3)nc2-c2ccccc2CC)c1. The predicted octanol–water partition coefficient (Wildman–Crippen LogP) is 6.51. The van der Waals surface area contributed by atoms with E-state index >= 15 is 0 Å². The maximum Gasteiger partial charge on any atom is 0.514 e. The molecule has 0 atom stereocenters. The van der Waals surface area contributed by atoms with E-state index in [1.165, 1.54) is 11.1 Å². The second kappa shape index (κ2) is 11.9. The zero-order valence-corrected chi connectivity index (χ0v) is 21.8. The highest BCUT2D eigenvalue weighted by molar-refractivity contribution is 5.80. The van der Waals surface area contributed by atoms with Gasteiger partial charge in [-0.1, -0.05) is 74.5 Å². The molecule has 7 heteroatoms. The van der Waals surface area contributed by atoms with Gasteiger partial charge in [0, 0.05) is 37.1 Å². The Hall–Kier alpha value is -4.26. The summed E-state index contributed by atoms with van der Waals surface area (Å²) in [6.45, 7) is 5.61. The van der Waals surface area contributed by atoms with Crippen molar-refractivity contribution in [2.75, 3.05) is 18.0 Å². The summed E-state index contributed by atoms with van der Waals surface area (Å²) in [5.41, 5.74) is 6.18. The average molecular weight is 509 g/mol. The van der Waals surface area contributed by atoms with E-state index in [9.17, 15) is 4.79 Å². The average Bonchev–Trinajstić information content (AvgIpc) is 2.97. The van der Waals surface area contributed by atoms with Gasteiger partial charge < -0.3 is 14.4 Å². The van der Waals surface area contributed by atoms with Crippen LogP contribution in [0.25, 0.3) is 22.5 Å². The van der Waals surface area contributed by atoms with Crippen molar-refractivity contribution in [1.29, 1.82) is 0 Å². The van der Waals surface area contributed by atoms with Gasteiger partial charge in [0.15, 0.2) is 0 Å². The minimum atomic E-state index is -0.676. The molecule has 0 N–H and O–H groups in total. The molecule has 194 valence electrons. The molecule has 0 radical (unpaired) electrons. The third-order valence-corrected chi connectivity index (χ3v) is 6.87. The maximum atomic E-state index is 12.2. The van der Waals surface area contributed by atoms with Crippen LogP contribution < -0.4 is 9.64 Å². The number of nitrogens with zero attached hydrogens (tertiary/aromatic N) is 4. The lowest BCUT2D eigenvalue weighted by Crippen LogP contribution is -2.39. The fraction of sp³-hybridized carbons (Fsp3) is 0.290. The molecule has 0 aliphatic carbocycles. The van der Waals surface area contributed by atoms with E-state index in [1.807, 2.05) is 24.3 Å². The number of carbonyl (C=O) groups is 1. The first kappa shape index (κ1) is 25.4. The number of ether oxygens (including phenoxy) is 2. The largest absolute Gasteiger partial charge is 0.514 e. The van der Waals surface area contributed by atoms with Crippen LogP contribution in [0.3, 0.4) is 0 Å². The van der Waals surface area contributed by atoms with Crippen molar-refractivity contribution in [3.05, 3.63) is 90.0 Å². The van der Waals surface area contributed by atoms with Crippen molar-refractivity contribution >= 4 is 12.1 Å². The third kappa shape index (κ3) is 5.83. The molecule has 1 aliphatic rings. The van der Waals surface area contributed by atoms with Crippen LogP contribution in [0, 0.1) is 0 Å². The van der Waals surface area contributed by atoms with Crippen LogP contribution in [0.5, 0.6) is 5.75 Å². The minimum Gasteiger partial charge on any atom is -0.431 e. The van der Waals surface area contributed by atoms with Crippen molar-refractivity contribution < 1.29 is 14.3 Å². The molecule has 0 spiro atoms. The monoisotopic (exact) mass is 508 g/mol. The topological polar surface area (TPSA) is 77.4 Å². The molecule has 2 heterocycles. The highest BCUT2D eigenvalue weighted by Crippen LogP contribution is 2.33. The van der Waals surface area contributed by atoms with E-state index < -0.39 is 6.16 Å². The van der Waals surface area contributed by atoms with E-state index in [0.29, 0.717) is 37.6 Å².